The number of aryl methyl sites for hydroxylation is 4. The highest BCUT2D eigenvalue weighted by Crippen LogP contribution is 2.54. The second-order valence-electron chi connectivity index (χ2n) is 20.5. The van der Waals surface area contributed by atoms with E-state index in [0.717, 1.165) is 11.4 Å². The zero-order valence-electron chi connectivity index (χ0n) is 40.6. The largest absolute Gasteiger partial charge is 0.374 e. The first-order valence-corrected chi connectivity index (χ1v) is 25.4. The van der Waals surface area contributed by atoms with E-state index >= 15 is 0 Å². The van der Waals surface area contributed by atoms with Crippen molar-refractivity contribution in [2.24, 2.45) is 0 Å². The molecule has 2 aromatic heterocycles. The standard InChI is InChI=1S/C66H46B2N4/c1-39-19-15-20-40(2)57(39)45-35-37-55-61-59(45)47-27-17-29-49-63(47)71(67(61)51-31-11-13-33-53(51)69(55)43-23-7-5-8-24-43)66-50-30-18-28-48-60-46(58-41(3)21-16-22-42(58)4)36-38-56-62(60)68(72(64(48)50)65(49)66)52-32-12-14-34-54(52)70(56)44-25-9-6-10-26-44/h5-38H,1-4H3. The van der Waals surface area contributed by atoms with Crippen LogP contribution in [0.3, 0.4) is 0 Å². The Labute approximate surface area is 419 Å². The Morgan fingerprint density at radius 1 is 0.278 bits per heavy atom. The second-order valence-corrected chi connectivity index (χ2v) is 20.5. The second kappa shape index (κ2) is 14.4. The van der Waals surface area contributed by atoms with Crippen LogP contribution >= 0.6 is 0 Å². The summed E-state index contributed by atoms with van der Waals surface area (Å²) in [6.07, 6.45) is 0. The summed E-state index contributed by atoms with van der Waals surface area (Å²) < 4.78 is 5.58. The van der Waals surface area contributed by atoms with E-state index in [1.54, 1.807) is 0 Å². The van der Waals surface area contributed by atoms with Crippen molar-refractivity contribution in [1.29, 1.82) is 0 Å². The summed E-state index contributed by atoms with van der Waals surface area (Å²) in [5.41, 5.74) is 33.3. The maximum atomic E-state index is 2.79. The minimum atomic E-state index is -0.107. The van der Waals surface area contributed by atoms with Crippen LogP contribution in [-0.4, -0.2) is 22.7 Å². The SMILES string of the molecule is Cc1cccc(C)c1-c1ccc2c3c1-c1cccc4c1n(c1c5cccc6c5n(c41)B1c4ccccc4N(c4ccccc4)c4ccc(-c5c(C)cccc5C)c-6c41)B3c1ccccc1N2c1ccccc1. The Morgan fingerprint density at radius 2 is 0.653 bits per heavy atom. The summed E-state index contributed by atoms with van der Waals surface area (Å²) in [5.74, 6) is 0. The monoisotopic (exact) mass is 916 g/mol. The van der Waals surface area contributed by atoms with Crippen LogP contribution in [-0.2, 0) is 0 Å². The third-order valence-electron chi connectivity index (χ3n) is 16.8. The van der Waals surface area contributed by atoms with Crippen molar-refractivity contribution in [3.05, 3.63) is 229 Å². The molecule has 10 aromatic carbocycles. The lowest BCUT2D eigenvalue weighted by Gasteiger charge is -2.41. The van der Waals surface area contributed by atoms with Gasteiger partial charge in [-0.25, -0.2) is 0 Å². The lowest BCUT2D eigenvalue weighted by molar-refractivity contribution is 1.25. The number of rotatable bonds is 4. The molecule has 12 aromatic rings. The first kappa shape index (κ1) is 40.0. The quantitative estimate of drug-likeness (QED) is 0.164. The molecule has 4 aliphatic heterocycles. The lowest BCUT2D eigenvalue weighted by atomic mass is 9.44. The van der Waals surface area contributed by atoms with Crippen molar-refractivity contribution < 1.29 is 0 Å². The fourth-order valence-corrected chi connectivity index (χ4v) is 14.2. The van der Waals surface area contributed by atoms with Crippen molar-refractivity contribution in [2.45, 2.75) is 27.7 Å². The van der Waals surface area contributed by atoms with Gasteiger partial charge < -0.3 is 18.8 Å². The number of hydrogen-bond donors (Lipinski definition) is 0. The molecular formula is C66H46B2N4. The third kappa shape index (κ3) is 4.99. The van der Waals surface area contributed by atoms with E-state index < -0.39 is 0 Å². The number of aromatic nitrogens is 2. The van der Waals surface area contributed by atoms with Crippen LogP contribution in [0.5, 0.6) is 0 Å². The molecule has 0 fully saturated rings. The van der Waals surface area contributed by atoms with E-state index in [-0.39, 0.29) is 13.7 Å². The molecule has 0 atom stereocenters. The Kier molecular flexibility index (Phi) is 8.03. The minimum Gasteiger partial charge on any atom is -0.374 e. The van der Waals surface area contributed by atoms with Crippen LogP contribution in [0.2, 0.25) is 0 Å². The first-order chi connectivity index (χ1) is 35.5. The van der Waals surface area contributed by atoms with Gasteiger partial charge in [0.25, 0.3) is 0 Å². The van der Waals surface area contributed by atoms with Gasteiger partial charge in [-0.05, 0) is 154 Å². The first-order valence-electron chi connectivity index (χ1n) is 25.4. The van der Waals surface area contributed by atoms with E-state index in [9.17, 15) is 0 Å². The highest BCUT2D eigenvalue weighted by atomic mass is 15.2. The van der Waals surface area contributed by atoms with E-state index in [2.05, 4.69) is 253 Å². The van der Waals surface area contributed by atoms with E-state index in [0.29, 0.717) is 0 Å². The Hall–Kier alpha value is -8.73. The molecule has 4 nitrogen and oxygen atoms in total. The normalized spacial score (nSPS) is 13.4. The van der Waals surface area contributed by atoms with Gasteiger partial charge in [-0.3, -0.25) is 0 Å². The van der Waals surface area contributed by atoms with Gasteiger partial charge in [-0.2, -0.15) is 0 Å². The lowest BCUT2D eigenvalue weighted by Crippen LogP contribution is -2.56. The molecule has 6 heteroatoms. The molecule has 0 saturated carbocycles. The van der Waals surface area contributed by atoms with Crippen LogP contribution in [0.1, 0.15) is 22.3 Å². The van der Waals surface area contributed by atoms with Gasteiger partial charge in [-0.1, -0.05) is 158 Å². The maximum absolute atomic E-state index is 2.79. The average Bonchev–Trinajstić information content (AvgIpc) is 3.93. The number of fused-ring (bicyclic) bond motifs is 13. The molecule has 0 N–H and O–H groups in total. The summed E-state index contributed by atoms with van der Waals surface area (Å²) in [6.45, 7) is 8.90. The van der Waals surface area contributed by atoms with Crippen molar-refractivity contribution in [3.8, 4) is 44.5 Å². The number of benzene rings is 10. The number of para-hydroxylation sites is 6. The van der Waals surface area contributed by atoms with Crippen LogP contribution in [0.15, 0.2) is 206 Å². The molecule has 0 aliphatic carbocycles. The summed E-state index contributed by atoms with van der Waals surface area (Å²) in [6, 6.07) is 77.9. The molecule has 0 saturated heterocycles. The molecule has 336 valence electrons. The Bertz CT molecular complexity index is 4030. The Balaban J connectivity index is 1.09. The highest BCUT2D eigenvalue weighted by molar-refractivity contribution is 6.92. The van der Waals surface area contributed by atoms with Crippen molar-refractivity contribution in [2.75, 3.05) is 9.80 Å². The van der Waals surface area contributed by atoms with Gasteiger partial charge >= 0.3 is 13.7 Å². The van der Waals surface area contributed by atoms with Crippen molar-refractivity contribution in [1.82, 2.24) is 8.96 Å². The third-order valence-corrected chi connectivity index (χ3v) is 16.8. The molecule has 6 heterocycles. The smallest absolute Gasteiger partial charge is 0.333 e. The molecule has 0 amide bonds. The summed E-state index contributed by atoms with van der Waals surface area (Å²) in [5, 5.41) is 2.57. The van der Waals surface area contributed by atoms with E-state index in [4.69, 9.17) is 0 Å². The van der Waals surface area contributed by atoms with Gasteiger partial charge in [0.1, 0.15) is 0 Å². The van der Waals surface area contributed by atoms with Gasteiger partial charge in [0, 0.05) is 67.1 Å². The maximum Gasteiger partial charge on any atom is 0.333 e. The molecule has 4 aliphatic rings. The van der Waals surface area contributed by atoms with E-state index in [1.807, 2.05) is 0 Å². The molecule has 0 bridgehead atoms. The summed E-state index contributed by atoms with van der Waals surface area (Å²) in [7, 11) is 0. The van der Waals surface area contributed by atoms with Gasteiger partial charge in [0.15, 0.2) is 0 Å². The fourth-order valence-electron chi connectivity index (χ4n) is 14.2. The van der Waals surface area contributed by atoms with E-state index in [1.165, 1.54) is 144 Å². The molecule has 72 heavy (non-hydrogen) atoms. The average molecular weight is 917 g/mol. The van der Waals surface area contributed by atoms with Crippen LogP contribution < -0.4 is 31.7 Å². The van der Waals surface area contributed by atoms with Gasteiger partial charge in [0.05, 0.1) is 11.0 Å². The molecular weight excluding hydrogens is 870 g/mol. The van der Waals surface area contributed by atoms with Crippen molar-refractivity contribution in [3.63, 3.8) is 0 Å². The molecule has 0 unspecified atom stereocenters. The van der Waals surface area contributed by atoms with Gasteiger partial charge in [0.2, 0.25) is 0 Å². The summed E-state index contributed by atoms with van der Waals surface area (Å²) in [4.78, 5) is 5.04. The Morgan fingerprint density at radius 3 is 1.07 bits per heavy atom. The highest BCUT2D eigenvalue weighted by Gasteiger charge is 2.48. The van der Waals surface area contributed by atoms with Gasteiger partial charge in [-0.15, -0.1) is 0 Å². The fraction of sp³-hybridized carbons (Fsp3) is 0.0606. The zero-order chi connectivity index (χ0) is 47.7. The van der Waals surface area contributed by atoms with Crippen LogP contribution in [0.4, 0.5) is 34.1 Å². The van der Waals surface area contributed by atoms with Crippen LogP contribution in [0, 0.1) is 27.7 Å². The minimum absolute atomic E-state index is 0.107. The topological polar surface area (TPSA) is 16.3 Å². The molecule has 0 radical (unpaired) electrons. The van der Waals surface area contributed by atoms with Crippen molar-refractivity contribution >= 4 is 103 Å². The number of hydrogen-bond acceptors (Lipinski definition) is 2. The predicted molar refractivity (Wildman–Crippen MR) is 306 cm³/mol. The molecule has 0 spiro atoms. The summed E-state index contributed by atoms with van der Waals surface area (Å²) >= 11 is 0. The predicted octanol–water partition coefficient (Wildman–Crippen LogP) is 14.2. The number of nitrogens with zero attached hydrogens (tertiary/aromatic N) is 4. The molecule has 16 rings (SSSR count). The number of anilines is 6. The zero-order valence-corrected chi connectivity index (χ0v) is 40.6. The van der Waals surface area contributed by atoms with Crippen LogP contribution in [0.25, 0.3) is 77.3 Å².